The van der Waals surface area contributed by atoms with Gasteiger partial charge in [0.15, 0.2) is 0 Å². The Labute approximate surface area is 234 Å². The van der Waals surface area contributed by atoms with Gasteiger partial charge in [-0.3, -0.25) is 14.4 Å². The van der Waals surface area contributed by atoms with Crippen LogP contribution in [0.4, 0.5) is 5.69 Å². The summed E-state index contributed by atoms with van der Waals surface area (Å²) in [5, 5.41) is 6.86. The summed E-state index contributed by atoms with van der Waals surface area (Å²) in [7, 11) is 0. The number of nitrogens with zero attached hydrogens (tertiary/aromatic N) is 1. The van der Waals surface area contributed by atoms with Gasteiger partial charge in [-0.05, 0) is 44.4 Å². The minimum absolute atomic E-state index is 0.107. The molecule has 1 aromatic carbocycles. The van der Waals surface area contributed by atoms with Crippen molar-refractivity contribution < 1.29 is 19.1 Å². The molecule has 1 spiro atoms. The van der Waals surface area contributed by atoms with Crippen LogP contribution in [-0.4, -0.2) is 52.5 Å². The van der Waals surface area contributed by atoms with E-state index in [0.29, 0.717) is 22.3 Å². The Morgan fingerprint density at radius 1 is 1.05 bits per heavy atom. The molecule has 2 bridgehead atoms. The molecule has 0 aromatic heterocycles. The van der Waals surface area contributed by atoms with Gasteiger partial charge in [0.25, 0.3) is 0 Å². The number of unbranched alkanes of at least 4 members (excludes halogenated alkanes) is 3. The molecule has 2 saturated heterocycles. The summed E-state index contributed by atoms with van der Waals surface area (Å²) in [6.07, 6.45) is 12.9. The average Bonchev–Trinajstić information content (AvgIpc) is 3.45. The Kier molecular flexibility index (Phi) is 7.82. The molecule has 3 fully saturated rings. The Morgan fingerprint density at radius 2 is 1.82 bits per heavy atom. The van der Waals surface area contributed by atoms with Gasteiger partial charge in [-0.1, -0.05) is 80.8 Å². The maximum absolute atomic E-state index is 14.1. The third-order valence-corrected chi connectivity index (χ3v) is 9.46. The van der Waals surface area contributed by atoms with Crippen LogP contribution in [0.25, 0.3) is 0 Å². The normalized spacial score (nSPS) is 32.1. The first kappa shape index (κ1) is 27.5. The van der Waals surface area contributed by atoms with Gasteiger partial charge in [0.1, 0.15) is 11.6 Å². The molecule has 2 N–H and O–H groups in total. The molecule has 206 valence electrons. The molecule has 9 heteroatoms. The second-order valence-corrected chi connectivity index (χ2v) is 12.2. The largest absolute Gasteiger partial charge is 0.356 e. The van der Waals surface area contributed by atoms with E-state index in [1.165, 1.54) is 6.42 Å². The quantitative estimate of drug-likeness (QED) is 0.307. The van der Waals surface area contributed by atoms with Crippen LogP contribution in [0.3, 0.4) is 0 Å². The lowest BCUT2D eigenvalue weighted by atomic mass is 9.70. The van der Waals surface area contributed by atoms with Gasteiger partial charge in [0, 0.05) is 18.3 Å². The van der Waals surface area contributed by atoms with Crippen LogP contribution in [-0.2, 0) is 19.1 Å². The molecule has 38 heavy (non-hydrogen) atoms. The van der Waals surface area contributed by atoms with Crippen LogP contribution in [0, 0.1) is 11.8 Å². The smallest absolute Gasteiger partial charge is 0.246 e. The Balaban J connectivity index is 1.44. The topological polar surface area (TPSA) is 87.7 Å². The van der Waals surface area contributed by atoms with Crippen molar-refractivity contribution in [2.24, 2.45) is 11.8 Å². The molecule has 7 nitrogen and oxygen atoms in total. The van der Waals surface area contributed by atoms with E-state index < -0.39 is 29.1 Å². The van der Waals surface area contributed by atoms with E-state index >= 15 is 0 Å². The minimum atomic E-state index is -1.17. The number of ether oxygens (including phenoxy) is 1. The highest BCUT2D eigenvalue weighted by Crippen LogP contribution is 2.59. The number of amides is 3. The van der Waals surface area contributed by atoms with Crippen LogP contribution < -0.4 is 10.6 Å². The molecule has 1 aliphatic carbocycles. The number of rotatable bonds is 9. The number of hydrogen-bond acceptors (Lipinski definition) is 4. The average molecular weight is 563 g/mol. The third-order valence-electron chi connectivity index (χ3n) is 8.72. The van der Waals surface area contributed by atoms with E-state index in [-0.39, 0.29) is 23.8 Å². The van der Waals surface area contributed by atoms with Crippen molar-refractivity contribution in [2.45, 2.75) is 94.9 Å². The van der Waals surface area contributed by atoms with Gasteiger partial charge in [0.2, 0.25) is 17.7 Å². The molecule has 5 rings (SSSR count). The number of nitrogens with one attached hydrogen (secondary N) is 2. The predicted molar refractivity (Wildman–Crippen MR) is 148 cm³/mol. The summed E-state index contributed by atoms with van der Waals surface area (Å²) in [5.74, 6) is -2.28. The van der Waals surface area contributed by atoms with Gasteiger partial charge in [0.05, 0.1) is 27.5 Å². The molecular weight excluding hydrogens is 525 g/mol. The number of benzene rings is 1. The number of hydrogen-bond donors (Lipinski definition) is 2. The highest BCUT2D eigenvalue weighted by molar-refractivity contribution is 6.42. The lowest BCUT2D eigenvalue weighted by Gasteiger charge is -2.34. The standard InChI is InChI=1S/C29H37Cl2N3O4/c1-3-4-5-9-16-34-24(26(36)32-18-10-7-6-8-11-18)29-15-14-28(2,38-29)22(23(29)27(34)37)25(35)33-19-12-13-20(30)21(31)17-19/h12-15,17-18,22-24H,3-11,16H2,1-2H3,(H,32,36)(H,33,35)/t22-,23-,24-,28-,29+/m1/s1. The van der Waals surface area contributed by atoms with E-state index in [1.807, 2.05) is 19.1 Å². The van der Waals surface area contributed by atoms with Gasteiger partial charge in [-0.2, -0.15) is 0 Å². The first-order valence-corrected chi connectivity index (χ1v) is 14.7. The molecule has 0 unspecified atom stereocenters. The van der Waals surface area contributed by atoms with Crippen molar-refractivity contribution in [1.29, 1.82) is 0 Å². The van der Waals surface area contributed by atoms with Gasteiger partial charge in [-0.15, -0.1) is 0 Å². The Hall–Kier alpha value is -2.09. The van der Waals surface area contributed by atoms with Crippen LogP contribution in [0.5, 0.6) is 0 Å². The molecule has 5 atom stereocenters. The van der Waals surface area contributed by atoms with Gasteiger partial charge >= 0.3 is 0 Å². The zero-order chi connectivity index (χ0) is 27.1. The third kappa shape index (κ3) is 4.75. The van der Waals surface area contributed by atoms with Crippen molar-refractivity contribution in [3.8, 4) is 0 Å². The fraction of sp³-hybridized carbons (Fsp3) is 0.621. The number of likely N-dealkylation sites (tertiary alicyclic amines) is 1. The number of halogens is 2. The summed E-state index contributed by atoms with van der Waals surface area (Å²) in [4.78, 5) is 43.3. The van der Waals surface area contributed by atoms with Gasteiger partial charge in [-0.25, -0.2) is 0 Å². The highest BCUT2D eigenvalue weighted by Gasteiger charge is 2.76. The van der Waals surface area contributed by atoms with Crippen LogP contribution in [0.15, 0.2) is 30.4 Å². The van der Waals surface area contributed by atoms with Crippen LogP contribution >= 0.6 is 23.2 Å². The van der Waals surface area contributed by atoms with E-state index in [4.69, 9.17) is 27.9 Å². The summed E-state index contributed by atoms with van der Waals surface area (Å²) in [6.45, 7) is 4.43. The first-order chi connectivity index (χ1) is 18.2. The highest BCUT2D eigenvalue weighted by atomic mass is 35.5. The number of carbonyl (C=O) groups is 3. The molecule has 3 heterocycles. The second-order valence-electron chi connectivity index (χ2n) is 11.4. The van der Waals surface area contributed by atoms with Crippen molar-refractivity contribution in [3.63, 3.8) is 0 Å². The van der Waals surface area contributed by atoms with Gasteiger partial charge < -0.3 is 20.3 Å². The zero-order valence-electron chi connectivity index (χ0n) is 22.1. The van der Waals surface area contributed by atoms with E-state index in [0.717, 1.165) is 51.4 Å². The van der Waals surface area contributed by atoms with Crippen molar-refractivity contribution in [1.82, 2.24) is 10.2 Å². The molecular formula is C29H37Cl2N3O4. The molecule has 0 radical (unpaired) electrons. The van der Waals surface area contributed by atoms with E-state index in [9.17, 15) is 14.4 Å². The molecule has 3 aliphatic heterocycles. The molecule has 1 aromatic rings. The first-order valence-electron chi connectivity index (χ1n) is 14.0. The fourth-order valence-corrected chi connectivity index (χ4v) is 7.20. The van der Waals surface area contributed by atoms with Crippen molar-refractivity contribution in [2.75, 3.05) is 11.9 Å². The SMILES string of the molecule is CCCCCCN1C(=O)[C@H]2[C@H](C(=O)Nc3ccc(Cl)c(Cl)c3)[C@@]3(C)C=C[C@@]2(O3)[C@H]1C(=O)NC1CCCCC1. The zero-order valence-corrected chi connectivity index (χ0v) is 23.6. The maximum atomic E-state index is 14.1. The number of carbonyl (C=O) groups excluding carboxylic acids is 3. The number of anilines is 1. The van der Waals surface area contributed by atoms with E-state index in [2.05, 4.69) is 17.6 Å². The number of fused-ring (bicyclic) bond motifs is 1. The van der Waals surface area contributed by atoms with Crippen LogP contribution in [0.1, 0.15) is 71.6 Å². The molecule has 1 saturated carbocycles. The lowest BCUT2D eigenvalue weighted by Crippen LogP contribution is -2.56. The molecule has 3 amide bonds. The van der Waals surface area contributed by atoms with Crippen molar-refractivity contribution >= 4 is 46.6 Å². The predicted octanol–water partition coefficient (Wildman–Crippen LogP) is 5.50. The second kappa shape index (κ2) is 10.8. The molecule has 4 aliphatic rings. The Bertz CT molecular complexity index is 1140. The van der Waals surface area contributed by atoms with Crippen molar-refractivity contribution in [3.05, 3.63) is 40.4 Å². The summed E-state index contributed by atoms with van der Waals surface area (Å²) < 4.78 is 6.59. The summed E-state index contributed by atoms with van der Waals surface area (Å²) in [6, 6.07) is 4.18. The fourth-order valence-electron chi connectivity index (χ4n) is 6.90. The Morgan fingerprint density at radius 3 is 2.53 bits per heavy atom. The van der Waals surface area contributed by atoms with E-state index in [1.54, 1.807) is 23.1 Å². The lowest BCUT2D eigenvalue weighted by molar-refractivity contribution is -0.144. The van der Waals surface area contributed by atoms with Crippen LogP contribution in [0.2, 0.25) is 10.0 Å². The minimum Gasteiger partial charge on any atom is -0.356 e. The monoisotopic (exact) mass is 561 g/mol. The maximum Gasteiger partial charge on any atom is 0.246 e. The summed E-state index contributed by atoms with van der Waals surface area (Å²) in [5.41, 5.74) is -1.69. The summed E-state index contributed by atoms with van der Waals surface area (Å²) >= 11 is 12.2.